The largest absolute Gasteiger partial charge is 0.480 e. The van der Waals surface area contributed by atoms with Crippen LogP contribution in [0.4, 0.5) is 10.5 Å². The molecule has 1 fully saturated rings. The van der Waals surface area contributed by atoms with Gasteiger partial charge in [-0.15, -0.1) is 11.3 Å². The van der Waals surface area contributed by atoms with Gasteiger partial charge in [0, 0.05) is 12.2 Å². The number of hydrogen-bond acceptors (Lipinski definition) is 4. The molecule has 2 amide bonds. The van der Waals surface area contributed by atoms with Crippen molar-refractivity contribution < 1.29 is 14.7 Å². The molecule has 1 saturated heterocycles. The topological polar surface area (TPSA) is 82.5 Å². The zero-order valence-electron chi connectivity index (χ0n) is 11.3. The van der Waals surface area contributed by atoms with E-state index in [1.807, 2.05) is 12.1 Å². The molecule has 2 N–H and O–H groups in total. The first kappa shape index (κ1) is 13.8. The molecule has 0 bridgehead atoms. The predicted octanol–water partition coefficient (Wildman–Crippen LogP) is 2.77. The van der Waals surface area contributed by atoms with E-state index in [1.165, 1.54) is 16.2 Å². The average Bonchev–Trinajstić information content (AvgIpc) is 2.94. The van der Waals surface area contributed by atoms with Crippen LogP contribution < -0.4 is 5.32 Å². The molecule has 3 rings (SSSR count). The Morgan fingerprint density at radius 2 is 2.24 bits per heavy atom. The Kier molecular flexibility index (Phi) is 3.74. The number of urea groups is 1. The van der Waals surface area contributed by atoms with Crippen molar-refractivity contribution in [3.05, 3.63) is 23.7 Å². The smallest absolute Gasteiger partial charge is 0.326 e. The van der Waals surface area contributed by atoms with Gasteiger partial charge in [-0.25, -0.2) is 14.6 Å². The summed E-state index contributed by atoms with van der Waals surface area (Å²) >= 11 is 1.50. The summed E-state index contributed by atoms with van der Waals surface area (Å²) in [7, 11) is 0. The molecule has 1 aliphatic rings. The van der Waals surface area contributed by atoms with E-state index < -0.39 is 12.0 Å². The third kappa shape index (κ3) is 2.82. The second kappa shape index (κ2) is 5.69. The van der Waals surface area contributed by atoms with Crippen molar-refractivity contribution in [2.45, 2.75) is 25.3 Å². The molecule has 0 spiro atoms. The number of piperidine rings is 1. The van der Waals surface area contributed by atoms with E-state index in [-0.39, 0.29) is 6.03 Å². The lowest BCUT2D eigenvalue weighted by Crippen LogP contribution is -2.49. The number of aliphatic carboxylic acids is 1. The summed E-state index contributed by atoms with van der Waals surface area (Å²) in [4.78, 5) is 29.1. The summed E-state index contributed by atoms with van der Waals surface area (Å²) in [5, 5.41) is 12.0. The summed E-state index contributed by atoms with van der Waals surface area (Å²) < 4.78 is 0.987. The number of carboxylic acids is 1. The molecular weight excluding hydrogens is 290 g/mol. The van der Waals surface area contributed by atoms with Gasteiger partial charge in [0.2, 0.25) is 0 Å². The third-order valence-corrected chi connectivity index (χ3v) is 4.42. The van der Waals surface area contributed by atoms with Gasteiger partial charge in [0.25, 0.3) is 0 Å². The average molecular weight is 305 g/mol. The van der Waals surface area contributed by atoms with Crippen LogP contribution in [-0.4, -0.2) is 39.6 Å². The molecule has 1 atom stereocenters. The highest BCUT2D eigenvalue weighted by Gasteiger charge is 2.31. The number of hydrogen-bond donors (Lipinski definition) is 2. The van der Waals surface area contributed by atoms with Gasteiger partial charge in [0.15, 0.2) is 0 Å². The van der Waals surface area contributed by atoms with Crippen LogP contribution >= 0.6 is 11.3 Å². The number of fused-ring (bicyclic) bond motifs is 1. The van der Waals surface area contributed by atoms with Crippen molar-refractivity contribution in [2.75, 3.05) is 11.9 Å². The van der Waals surface area contributed by atoms with Crippen LogP contribution in [0.25, 0.3) is 10.2 Å². The number of nitrogens with one attached hydrogen (secondary N) is 1. The van der Waals surface area contributed by atoms with Crippen LogP contribution in [0.3, 0.4) is 0 Å². The number of anilines is 1. The Bertz CT molecular complexity index is 685. The molecule has 21 heavy (non-hydrogen) atoms. The summed E-state index contributed by atoms with van der Waals surface area (Å²) in [6.45, 7) is 0.478. The van der Waals surface area contributed by atoms with Gasteiger partial charge >= 0.3 is 12.0 Å². The number of thiazole rings is 1. The van der Waals surface area contributed by atoms with Crippen molar-refractivity contribution in [1.29, 1.82) is 0 Å². The van der Waals surface area contributed by atoms with Gasteiger partial charge in [0.1, 0.15) is 6.04 Å². The molecule has 7 heteroatoms. The molecule has 0 radical (unpaired) electrons. The van der Waals surface area contributed by atoms with Gasteiger partial charge in [-0.3, -0.25) is 0 Å². The minimum Gasteiger partial charge on any atom is -0.480 e. The third-order valence-electron chi connectivity index (χ3n) is 3.63. The first-order valence-corrected chi connectivity index (χ1v) is 7.67. The maximum atomic E-state index is 12.3. The van der Waals surface area contributed by atoms with Crippen molar-refractivity contribution in [1.82, 2.24) is 9.88 Å². The van der Waals surface area contributed by atoms with E-state index in [1.54, 1.807) is 11.6 Å². The zero-order chi connectivity index (χ0) is 14.8. The molecule has 6 nitrogen and oxygen atoms in total. The van der Waals surface area contributed by atoms with Crippen molar-refractivity contribution in [3.8, 4) is 0 Å². The van der Waals surface area contributed by atoms with Crippen LogP contribution in [0.1, 0.15) is 19.3 Å². The minimum atomic E-state index is -0.942. The maximum absolute atomic E-state index is 12.3. The van der Waals surface area contributed by atoms with Crippen LogP contribution in [-0.2, 0) is 4.79 Å². The van der Waals surface area contributed by atoms with Crippen LogP contribution in [0, 0.1) is 0 Å². The summed E-state index contributed by atoms with van der Waals surface area (Å²) in [5.74, 6) is -0.942. The number of carbonyl (C=O) groups excluding carboxylic acids is 1. The van der Waals surface area contributed by atoms with E-state index in [0.29, 0.717) is 18.7 Å². The molecular formula is C14H15N3O3S. The highest BCUT2D eigenvalue weighted by atomic mass is 32.1. The van der Waals surface area contributed by atoms with E-state index in [4.69, 9.17) is 0 Å². The lowest BCUT2D eigenvalue weighted by molar-refractivity contribution is -0.143. The molecule has 1 aliphatic heterocycles. The predicted molar refractivity (Wildman–Crippen MR) is 80.6 cm³/mol. The number of rotatable bonds is 2. The Balaban J connectivity index is 1.76. The quantitative estimate of drug-likeness (QED) is 0.893. The normalized spacial score (nSPS) is 18.7. The van der Waals surface area contributed by atoms with Gasteiger partial charge < -0.3 is 15.3 Å². The number of amides is 2. The molecule has 1 aromatic carbocycles. The lowest BCUT2D eigenvalue weighted by Gasteiger charge is -2.32. The Morgan fingerprint density at radius 3 is 3.05 bits per heavy atom. The summed E-state index contributed by atoms with van der Waals surface area (Å²) in [6, 6.07) is 4.38. The molecule has 2 heterocycles. The Hall–Kier alpha value is -2.15. The fourth-order valence-corrected chi connectivity index (χ4v) is 3.28. The first-order valence-electron chi connectivity index (χ1n) is 6.79. The van der Waals surface area contributed by atoms with Crippen LogP contribution in [0.2, 0.25) is 0 Å². The van der Waals surface area contributed by atoms with Crippen LogP contribution in [0.15, 0.2) is 23.7 Å². The lowest BCUT2D eigenvalue weighted by atomic mass is 10.0. The Labute approximate surface area is 125 Å². The van der Waals surface area contributed by atoms with Gasteiger partial charge in [0.05, 0.1) is 15.7 Å². The number of likely N-dealkylation sites (tertiary alicyclic amines) is 1. The maximum Gasteiger partial charge on any atom is 0.326 e. The molecule has 2 aromatic rings. The monoisotopic (exact) mass is 305 g/mol. The minimum absolute atomic E-state index is 0.356. The van der Waals surface area contributed by atoms with Gasteiger partial charge in [-0.2, -0.15) is 0 Å². The standard InChI is InChI=1S/C14H15N3O3S/c18-13(19)11-3-1-2-6-17(11)14(20)16-9-4-5-10-12(7-9)21-8-15-10/h4-5,7-8,11H,1-3,6H2,(H,16,20)(H,18,19). The number of carbonyl (C=O) groups is 2. The van der Waals surface area contributed by atoms with E-state index in [0.717, 1.165) is 23.1 Å². The number of aromatic nitrogens is 1. The highest BCUT2D eigenvalue weighted by Crippen LogP contribution is 2.23. The molecule has 0 aliphatic carbocycles. The molecule has 110 valence electrons. The molecule has 0 saturated carbocycles. The molecule has 1 unspecified atom stereocenters. The fraction of sp³-hybridized carbons (Fsp3) is 0.357. The van der Waals surface area contributed by atoms with E-state index >= 15 is 0 Å². The number of benzene rings is 1. The van der Waals surface area contributed by atoms with E-state index in [2.05, 4.69) is 10.3 Å². The van der Waals surface area contributed by atoms with Crippen molar-refractivity contribution >= 4 is 39.2 Å². The van der Waals surface area contributed by atoms with Crippen LogP contribution in [0.5, 0.6) is 0 Å². The number of carboxylic acid groups (broad SMARTS) is 1. The Morgan fingerprint density at radius 1 is 1.38 bits per heavy atom. The zero-order valence-corrected chi connectivity index (χ0v) is 12.1. The highest BCUT2D eigenvalue weighted by molar-refractivity contribution is 7.16. The van der Waals surface area contributed by atoms with Gasteiger partial charge in [-0.05, 0) is 37.5 Å². The number of nitrogens with zero attached hydrogens (tertiary/aromatic N) is 2. The van der Waals surface area contributed by atoms with Crippen molar-refractivity contribution in [3.63, 3.8) is 0 Å². The van der Waals surface area contributed by atoms with Crippen molar-refractivity contribution in [2.24, 2.45) is 0 Å². The SMILES string of the molecule is O=C(O)C1CCCCN1C(=O)Nc1ccc2ncsc2c1. The fourth-order valence-electron chi connectivity index (χ4n) is 2.56. The van der Waals surface area contributed by atoms with E-state index in [9.17, 15) is 14.7 Å². The van der Waals surface area contributed by atoms with Gasteiger partial charge in [-0.1, -0.05) is 0 Å². The summed E-state index contributed by atoms with van der Waals surface area (Å²) in [5.41, 5.74) is 3.30. The second-order valence-electron chi connectivity index (χ2n) is 5.01. The molecule has 1 aromatic heterocycles. The first-order chi connectivity index (χ1) is 10.1. The second-order valence-corrected chi connectivity index (χ2v) is 5.89. The summed E-state index contributed by atoms with van der Waals surface area (Å²) in [6.07, 6.45) is 2.19.